The van der Waals surface area contributed by atoms with Crippen LogP contribution in [0.1, 0.15) is 12.8 Å². The highest BCUT2D eigenvalue weighted by Gasteiger charge is 2.26. The molecule has 2 rings (SSSR count). The zero-order valence-electron chi connectivity index (χ0n) is 11.3. The van der Waals surface area contributed by atoms with Crippen LogP contribution in [0.2, 0.25) is 10.0 Å². The monoisotopic (exact) mass is 330 g/mol. The highest BCUT2D eigenvalue weighted by molar-refractivity contribution is 6.36. The number of carbonyl (C=O) groups excluding carboxylic acids is 1. The summed E-state index contributed by atoms with van der Waals surface area (Å²) < 4.78 is 0. The van der Waals surface area contributed by atoms with E-state index in [0.717, 1.165) is 0 Å². The third-order valence-electron chi connectivity index (χ3n) is 3.56. The number of rotatable bonds is 4. The van der Waals surface area contributed by atoms with Crippen LogP contribution in [0, 0.1) is 5.92 Å². The summed E-state index contributed by atoms with van der Waals surface area (Å²) in [5, 5.41) is 12.9. The lowest BCUT2D eigenvalue weighted by Crippen LogP contribution is -2.42. The minimum atomic E-state index is -0.784. The van der Waals surface area contributed by atoms with Crippen molar-refractivity contribution in [3.8, 4) is 0 Å². The summed E-state index contributed by atoms with van der Waals surface area (Å²) in [5.74, 6) is -1.19. The fourth-order valence-corrected chi connectivity index (χ4v) is 2.77. The van der Waals surface area contributed by atoms with Gasteiger partial charge in [0.1, 0.15) is 0 Å². The van der Waals surface area contributed by atoms with Gasteiger partial charge in [-0.25, -0.2) is 0 Å². The van der Waals surface area contributed by atoms with Crippen molar-refractivity contribution in [1.29, 1.82) is 0 Å². The Hall–Kier alpha value is -1.46. The minimum absolute atomic E-state index is 0.0649. The van der Waals surface area contributed by atoms with Gasteiger partial charge in [0.2, 0.25) is 5.91 Å². The predicted octanol–water partition coefficient (Wildman–Crippen LogP) is 2.73. The van der Waals surface area contributed by atoms with E-state index in [1.165, 1.54) is 0 Å². The predicted molar refractivity (Wildman–Crippen MR) is 81.9 cm³/mol. The number of amides is 1. The Balaban J connectivity index is 1.84. The average Bonchev–Trinajstić information content (AvgIpc) is 2.46. The number of carbonyl (C=O) groups is 2. The first-order valence-electron chi connectivity index (χ1n) is 6.67. The quantitative estimate of drug-likeness (QED) is 0.890. The lowest BCUT2D eigenvalue weighted by atomic mass is 9.97. The van der Waals surface area contributed by atoms with Crippen LogP contribution in [0.3, 0.4) is 0 Å². The summed E-state index contributed by atoms with van der Waals surface area (Å²) in [4.78, 5) is 24.6. The van der Waals surface area contributed by atoms with Crippen LogP contribution in [0.4, 0.5) is 5.69 Å². The molecule has 7 heteroatoms. The van der Waals surface area contributed by atoms with Crippen LogP contribution in [-0.2, 0) is 9.59 Å². The fourth-order valence-electron chi connectivity index (χ4n) is 2.29. The number of carboxylic acids is 1. The zero-order chi connectivity index (χ0) is 15.4. The van der Waals surface area contributed by atoms with Gasteiger partial charge >= 0.3 is 5.97 Å². The van der Waals surface area contributed by atoms with Gasteiger partial charge in [-0.05, 0) is 31.0 Å². The van der Waals surface area contributed by atoms with E-state index in [0.29, 0.717) is 41.7 Å². The lowest BCUT2D eigenvalue weighted by Gasteiger charge is -2.30. The maximum atomic E-state index is 12.1. The molecule has 1 amide bonds. The van der Waals surface area contributed by atoms with E-state index in [1.54, 1.807) is 23.1 Å². The van der Waals surface area contributed by atoms with Gasteiger partial charge in [-0.3, -0.25) is 9.59 Å². The molecule has 0 saturated carbocycles. The Labute approximate surface area is 132 Å². The average molecular weight is 331 g/mol. The first-order valence-corrected chi connectivity index (χ1v) is 7.42. The molecule has 1 aromatic rings. The van der Waals surface area contributed by atoms with Gasteiger partial charge in [0.25, 0.3) is 0 Å². The molecule has 1 fully saturated rings. The maximum absolute atomic E-state index is 12.1. The standard InChI is InChI=1S/C14H16Cl2N2O3/c15-10-1-2-12(11(16)7-10)17-8-13(19)18-5-3-9(4-6-18)14(20)21/h1-2,7,9,17H,3-6,8H2,(H,20,21). The second-order valence-corrected chi connectivity index (χ2v) is 5.81. The molecular weight excluding hydrogens is 315 g/mol. The summed E-state index contributed by atoms with van der Waals surface area (Å²) in [5.41, 5.74) is 0.648. The molecule has 21 heavy (non-hydrogen) atoms. The van der Waals surface area contributed by atoms with Crippen molar-refractivity contribution < 1.29 is 14.7 Å². The van der Waals surface area contributed by atoms with Gasteiger partial charge < -0.3 is 15.3 Å². The van der Waals surface area contributed by atoms with Crippen molar-refractivity contribution >= 4 is 40.8 Å². The second-order valence-electron chi connectivity index (χ2n) is 4.97. The number of nitrogens with zero attached hydrogens (tertiary/aromatic N) is 1. The topological polar surface area (TPSA) is 69.6 Å². The normalized spacial score (nSPS) is 15.8. The van der Waals surface area contributed by atoms with Crippen LogP contribution in [0.5, 0.6) is 0 Å². The van der Waals surface area contributed by atoms with E-state index in [-0.39, 0.29) is 18.4 Å². The molecule has 0 radical (unpaired) electrons. The summed E-state index contributed by atoms with van der Waals surface area (Å²) in [6.45, 7) is 1.08. The molecule has 0 unspecified atom stereocenters. The van der Waals surface area contributed by atoms with E-state index >= 15 is 0 Å². The Morgan fingerprint density at radius 3 is 2.52 bits per heavy atom. The molecule has 0 atom stereocenters. The number of likely N-dealkylation sites (tertiary alicyclic amines) is 1. The van der Waals surface area contributed by atoms with Crippen LogP contribution >= 0.6 is 23.2 Å². The van der Waals surface area contributed by atoms with E-state index in [2.05, 4.69) is 5.32 Å². The third-order valence-corrected chi connectivity index (χ3v) is 4.11. The number of hydrogen-bond donors (Lipinski definition) is 2. The van der Waals surface area contributed by atoms with Crippen molar-refractivity contribution in [2.24, 2.45) is 5.92 Å². The maximum Gasteiger partial charge on any atom is 0.306 e. The lowest BCUT2D eigenvalue weighted by molar-refractivity contribution is -0.145. The van der Waals surface area contributed by atoms with Gasteiger partial charge in [0, 0.05) is 18.1 Å². The number of nitrogens with one attached hydrogen (secondary N) is 1. The van der Waals surface area contributed by atoms with E-state index < -0.39 is 5.97 Å². The SMILES string of the molecule is O=C(O)C1CCN(C(=O)CNc2ccc(Cl)cc2Cl)CC1. The number of carboxylic acid groups (broad SMARTS) is 1. The number of hydrogen-bond acceptors (Lipinski definition) is 3. The number of halogens is 2. The largest absolute Gasteiger partial charge is 0.481 e. The molecule has 1 heterocycles. The first kappa shape index (κ1) is 15.9. The number of aliphatic carboxylic acids is 1. The highest BCUT2D eigenvalue weighted by atomic mass is 35.5. The number of piperidine rings is 1. The molecule has 0 aromatic heterocycles. The van der Waals surface area contributed by atoms with Gasteiger partial charge in [0.15, 0.2) is 0 Å². The van der Waals surface area contributed by atoms with Gasteiger partial charge in [-0.2, -0.15) is 0 Å². The third kappa shape index (κ3) is 4.25. The summed E-state index contributed by atoms with van der Waals surface area (Å²) in [7, 11) is 0. The molecular formula is C14H16Cl2N2O3. The molecule has 1 aliphatic rings. The zero-order valence-corrected chi connectivity index (χ0v) is 12.8. The minimum Gasteiger partial charge on any atom is -0.481 e. The number of benzene rings is 1. The van der Waals surface area contributed by atoms with Crippen LogP contribution in [-0.4, -0.2) is 41.5 Å². The highest BCUT2D eigenvalue weighted by Crippen LogP contribution is 2.25. The Bertz CT molecular complexity index is 543. The molecule has 1 saturated heterocycles. The van der Waals surface area contributed by atoms with Crippen molar-refractivity contribution in [1.82, 2.24) is 4.90 Å². The first-order chi connectivity index (χ1) is 9.97. The van der Waals surface area contributed by atoms with Crippen molar-refractivity contribution in [3.05, 3.63) is 28.2 Å². The molecule has 1 aromatic carbocycles. The second kappa shape index (κ2) is 7.00. The molecule has 1 aliphatic heterocycles. The fraction of sp³-hybridized carbons (Fsp3) is 0.429. The molecule has 0 bridgehead atoms. The van der Waals surface area contributed by atoms with Crippen LogP contribution in [0.15, 0.2) is 18.2 Å². The summed E-state index contributed by atoms with van der Waals surface area (Å²) >= 11 is 11.8. The smallest absolute Gasteiger partial charge is 0.306 e. The van der Waals surface area contributed by atoms with Gasteiger partial charge in [-0.1, -0.05) is 23.2 Å². The molecule has 0 aliphatic carbocycles. The Morgan fingerprint density at radius 2 is 1.95 bits per heavy atom. The van der Waals surface area contributed by atoms with Crippen LogP contribution in [0.25, 0.3) is 0 Å². The van der Waals surface area contributed by atoms with E-state index in [4.69, 9.17) is 28.3 Å². The molecule has 5 nitrogen and oxygen atoms in total. The molecule has 2 N–H and O–H groups in total. The molecule has 114 valence electrons. The Kier molecular flexibility index (Phi) is 5.31. The van der Waals surface area contributed by atoms with Gasteiger partial charge in [-0.15, -0.1) is 0 Å². The summed E-state index contributed by atoms with van der Waals surface area (Å²) in [6.07, 6.45) is 1.01. The summed E-state index contributed by atoms with van der Waals surface area (Å²) in [6, 6.07) is 5.02. The van der Waals surface area contributed by atoms with Crippen molar-refractivity contribution in [2.75, 3.05) is 25.0 Å². The number of anilines is 1. The van der Waals surface area contributed by atoms with Crippen molar-refractivity contribution in [2.45, 2.75) is 12.8 Å². The molecule has 0 spiro atoms. The van der Waals surface area contributed by atoms with Gasteiger partial charge in [0.05, 0.1) is 23.2 Å². The van der Waals surface area contributed by atoms with Crippen molar-refractivity contribution in [3.63, 3.8) is 0 Å². The van der Waals surface area contributed by atoms with Crippen LogP contribution < -0.4 is 5.32 Å². The van der Waals surface area contributed by atoms with E-state index in [1.807, 2.05) is 0 Å². The Morgan fingerprint density at radius 1 is 1.29 bits per heavy atom. The van der Waals surface area contributed by atoms with E-state index in [9.17, 15) is 9.59 Å².